The third-order valence-electron chi connectivity index (χ3n) is 4.02. The molecule has 20 heavy (non-hydrogen) atoms. The first-order valence-electron chi connectivity index (χ1n) is 8.23. The minimum atomic E-state index is 0.601. The Morgan fingerprint density at radius 2 is 2.00 bits per heavy atom. The Labute approximate surface area is 123 Å². The van der Waals surface area contributed by atoms with E-state index < -0.39 is 0 Å². The molecule has 1 aromatic rings. The third kappa shape index (κ3) is 5.96. The van der Waals surface area contributed by atoms with Crippen molar-refractivity contribution < 1.29 is 4.74 Å². The molecular weight excluding hydrogens is 246 g/mol. The van der Waals surface area contributed by atoms with Crippen LogP contribution in [0.5, 0.6) is 5.75 Å². The zero-order chi connectivity index (χ0) is 14.2. The highest BCUT2D eigenvalue weighted by Crippen LogP contribution is 2.32. The quantitative estimate of drug-likeness (QED) is 0.691. The molecule has 1 aliphatic rings. The molecule has 1 unspecified atom stereocenters. The summed E-state index contributed by atoms with van der Waals surface area (Å²) >= 11 is 0. The molecule has 0 aromatic heterocycles. The molecule has 0 amide bonds. The van der Waals surface area contributed by atoms with Crippen LogP contribution in [-0.2, 0) is 6.42 Å². The van der Waals surface area contributed by atoms with Crippen LogP contribution in [0.25, 0.3) is 0 Å². The molecule has 1 aliphatic carbocycles. The highest BCUT2D eigenvalue weighted by atomic mass is 16.5. The summed E-state index contributed by atoms with van der Waals surface area (Å²) in [4.78, 5) is 0. The number of hydrogen-bond acceptors (Lipinski definition) is 2. The average Bonchev–Trinajstić information content (AvgIpc) is 3.28. The number of nitrogens with one attached hydrogen (secondary N) is 1. The number of benzene rings is 1. The maximum Gasteiger partial charge on any atom is 0.119 e. The number of rotatable bonds is 10. The topological polar surface area (TPSA) is 21.3 Å². The molecule has 1 saturated carbocycles. The van der Waals surface area contributed by atoms with E-state index in [9.17, 15) is 0 Å². The van der Waals surface area contributed by atoms with E-state index in [1.54, 1.807) is 0 Å². The lowest BCUT2D eigenvalue weighted by atomic mass is 10.1. The maximum atomic E-state index is 5.78. The zero-order valence-electron chi connectivity index (χ0n) is 13.0. The fourth-order valence-corrected chi connectivity index (χ4v) is 2.38. The first kappa shape index (κ1) is 15.4. The van der Waals surface area contributed by atoms with E-state index in [0.29, 0.717) is 6.04 Å². The third-order valence-corrected chi connectivity index (χ3v) is 4.02. The van der Waals surface area contributed by atoms with Crippen molar-refractivity contribution in [3.05, 3.63) is 29.8 Å². The van der Waals surface area contributed by atoms with Gasteiger partial charge in [0.2, 0.25) is 0 Å². The van der Waals surface area contributed by atoms with Crippen LogP contribution in [0.1, 0.15) is 51.5 Å². The monoisotopic (exact) mass is 275 g/mol. The number of hydrogen-bond donors (Lipinski definition) is 1. The summed E-state index contributed by atoms with van der Waals surface area (Å²) in [5, 5.41) is 3.53. The van der Waals surface area contributed by atoms with Crippen LogP contribution in [0.15, 0.2) is 24.3 Å². The summed E-state index contributed by atoms with van der Waals surface area (Å²) in [6, 6.07) is 9.25. The lowest BCUT2D eigenvalue weighted by Crippen LogP contribution is -2.27. The molecule has 2 heteroatoms. The van der Waals surface area contributed by atoms with Crippen molar-refractivity contribution in [3.8, 4) is 5.75 Å². The van der Waals surface area contributed by atoms with Gasteiger partial charge in [-0.2, -0.15) is 0 Å². The normalized spacial score (nSPS) is 16.1. The van der Waals surface area contributed by atoms with Gasteiger partial charge in [-0.05, 0) is 62.8 Å². The van der Waals surface area contributed by atoms with Crippen LogP contribution >= 0.6 is 0 Å². The molecule has 112 valence electrons. The van der Waals surface area contributed by atoms with Crippen molar-refractivity contribution in [2.45, 2.75) is 58.4 Å². The standard InChI is InChI=1S/C18H29NO/c1-3-13-19-15(2)4-5-16-8-10-18(11-9-16)20-14-12-17-6-7-17/h8-11,15,17,19H,3-7,12-14H2,1-2H3. The van der Waals surface area contributed by atoms with Gasteiger partial charge < -0.3 is 10.1 Å². The van der Waals surface area contributed by atoms with Crippen molar-refractivity contribution in [2.75, 3.05) is 13.2 Å². The molecule has 1 fully saturated rings. The van der Waals surface area contributed by atoms with Crippen LogP contribution in [-0.4, -0.2) is 19.2 Å². The molecular formula is C18H29NO. The molecule has 0 aliphatic heterocycles. The van der Waals surface area contributed by atoms with Crippen LogP contribution in [0.2, 0.25) is 0 Å². The van der Waals surface area contributed by atoms with Gasteiger partial charge in [0.1, 0.15) is 5.75 Å². The van der Waals surface area contributed by atoms with Gasteiger partial charge >= 0.3 is 0 Å². The van der Waals surface area contributed by atoms with Crippen molar-refractivity contribution in [2.24, 2.45) is 5.92 Å². The lowest BCUT2D eigenvalue weighted by Gasteiger charge is -2.13. The SMILES string of the molecule is CCCNC(C)CCc1ccc(OCCC2CC2)cc1. The van der Waals surface area contributed by atoms with E-state index in [-0.39, 0.29) is 0 Å². The van der Waals surface area contributed by atoms with E-state index >= 15 is 0 Å². The fourth-order valence-electron chi connectivity index (χ4n) is 2.38. The summed E-state index contributed by atoms with van der Waals surface area (Å²) in [5.41, 5.74) is 1.41. The van der Waals surface area contributed by atoms with Crippen LogP contribution in [0, 0.1) is 5.92 Å². The van der Waals surface area contributed by atoms with Gasteiger partial charge in [-0.3, -0.25) is 0 Å². The molecule has 1 N–H and O–H groups in total. The summed E-state index contributed by atoms with van der Waals surface area (Å²) in [7, 11) is 0. The van der Waals surface area contributed by atoms with Crippen molar-refractivity contribution in [1.82, 2.24) is 5.32 Å². The van der Waals surface area contributed by atoms with E-state index in [2.05, 4.69) is 43.4 Å². The highest BCUT2D eigenvalue weighted by molar-refractivity contribution is 5.27. The fraction of sp³-hybridized carbons (Fsp3) is 0.667. The zero-order valence-corrected chi connectivity index (χ0v) is 13.0. The smallest absolute Gasteiger partial charge is 0.119 e. The van der Waals surface area contributed by atoms with E-state index in [1.807, 2.05) is 0 Å². The van der Waals surface area contributed by atoms with E-state index in [4.69, 9.17) is 4.74 Å². The van der Waals surface area contributed by atoms with Gasteiger partial charge in [0.05, 0.1) is 6.61 Å². The summed E-state index contributed by atoms with van der Waals surface area (Å²) in [6.45, 7) is 6.48. The molecule has 2 rings (SSSR count). The second-order valence-electron chi connectivity index (χ2n) is 6.12. The molecule has 2 nitrogen and oxygen atoms in total. The first-order valence-corrected chi connectivity index (χ1v) is 8.23. The molecule has 1 aromatic carbocycles. The van der Waals surface area contributed by atoms with Crippen molar-refractivity contribution in [1.29, 1.82) is 0 Å². The van der Waals surface area contributed by atoms with Gasteiger partial charge in [-0.25, -0.2) is 0 Å². The summed E-state index contributed by atoms with van der Waals surface area (Å²) in [6.07, 6.45) is 7.58. The van der Waals surface area contributed by atoms with Crippen LogP contribution in [0.4, 0.5) is 0 Å². The maximum absolute atomic E-state index is 5.78. The predicted octanol–water partition coefficient (Wildman–Crippen LogP) is 4.19. The molecule has 0 spiro atoms. The molecule has 0 bridgehead atoms. The highest BCUT2D eigenvalue weighted by Gasteiger charge is 2.20. The second kappa shape index (κ2) is 8.31. The number of aryl methyl sites for hydroxylation is 1. The van der Waals surface area contributed by atoms with Crippen LogP contribution < -0.4 is 10.1 Å². The number of ether oxygens (including phenoxy) is 1. The van der Waals surface area contributed by atoms with Gasteiger partial charge in [0, 0.05) is 6.04 Å². The Kier molecular flexibility index (Phi) is 6.38. The van der Waals surface area contributed by atoms with E-state index in [0.717, 1.165) is 31.2 Å². The Morgan fingerprint density at radius 1 is 1.25 bits per heavy atom. The molecule has 0 radical (unpaired) electrons. The van der Waals surface area contributed by atoms with Crippen molar-refractivity contribution >= 4 is 0 Å². The Bertz CT molecular complexity index is 370. The largest absolute Gasteiger partial charge is 0.494 e. The van der Waals surface area contributed by atoms with Crippen molar-refractivity contribution in [3.63, 3.8) is 0 Å². The Morgan fingerprint density at radius 3 is 2.65 bits per heavy atom. The van der Waals surface area contributed by atoms with Gasteiger partial charge in [-0.15, -0.1) is 0 Å². The predicted molar refractivity (Wildman–Crippen MR) is 85.4 cm³/mol. The lowest BCUT2D eigenvalue weighted by molar-refractivity contribution is 0.302. The molecule has 0 heterocycles. The summed E-state index contributed by atoms with van der Waals surface area (Å²) < 4.78 is 5.78. The van der Waals surface area contributed by atoms with E-state index in [1.165, 1.54) is 37.7 Å². The minimum absolute atomic E-state index is 0.601. The minimum Gasteiger partial charge on any atom is -0.494 e. The second-order valence-corrected chi connectivity index (χ2v) is 6.12. The van der Waals surface area contributed by atoms with Gasteiger partial charge in [-0.1, -0.05) is 31.9 Å². The average molecular weight is 275 g/mol. The van der Waals surface area contributed by atoms with Gasteiger partial charge in [0.15, 0.2) is 0 Å². The summed E-state index contributed by atoms with van der Waals surface area (Å²) in [5.74, 6) is 1.97. The molecule has 0 saturated heterocycles. The Balaban J connectivity index is 1.64. The first-order chi connectivity index (χ1) is 9.78. The van der Waals surface area contributed by atoms with Gasteiger partial charge in [0.25, 0.3) is 0 Å². The Hall–Kier alpha value is -1.02. The van der Waals surface area contributed by atoms with Crippen LogP contribution in [0.3, 0.4) is 0 Å². The molecule has 1 atom stereocenters.